The summed E-state index contributed by atoms with van der Waals surface area (Å²) < 4.78 is 21.8. The predicted octanol–water partition coefficient (Wildman–Crippen LogP) is 12.7. The molecule has 1 rings (SSSR count). The third-order valence-corrected chi connectivity index (χ3v) is 12.2. The van der Waals surface area contributed by atoms with Gasteiger partial charge in [0.1, 0.15) is 24.9 Å². The number of hydrogen-bond donors (Lipinski definition) is 4. The summed E-state index contributed by atoms with van der Waals surface area (Å²) in [4.78, 5) is 37.0. The summed E-state index contributed by atoms with van der Waals surface area (Å²) in [6.45, 7) is 3.82. The maximum absolute atomic E-state index is 12.8. The third-order valence-electron chi connectivity index (χ3n) is 12.2. The second-order valence-corrected chi connectivity index (χ2v) is 18.4. The van der Waals surface area contributed by atoms with E-state index in [1.807, 2.05) is 0 Å². The number of carboxylic acids is 1. The summed E-state index contributed by atoms with van der Waals surface area (Å²) in [6.07, 6.45) is 43.3. The topological polar surface area (TPSA) is 169 Å². The Kier molecular flexibility index (Phi) is 40.9. The molecule has 1 saturated heterocycles. The molecule has 4 N–H and O–H groups in total. The van der Waals surface area contributed by atoms with E-state index in [1.165, 1.54) is 141 Å². The van der Waals surface area contributed by atoms with E-state index in [9.17, 15) is 34.8 Å². The first-order chi connectivity index (χ1) is 31.7. The van der Waals surface area contributed by atoms with Crippen molar-refractivity contribution in [2.24, 2.45) is 0 Å². The van der Waals surface area contributed by atoms with Crippen molar-refractivity contribution in [3.63, 3.8) is 0 Å². The van der Waals surface area contributed by atoms with E-state index in [-0.39, 0.29) is 19.4 Å². The van der Waals surface area contributed by atoms with E-state index in [4.69, 9.17) is 18.9 Å². The molecule has 0 saturated carbocycles. The molecule has 0 aromatic heterocycles. The van der Waals surface area contributed by atoms with Crippen LogP contribution in [0.5, 0.6) is 0 Å². The summed E-state index contributed by atoms with van der Waals surface area (Å²) in [7, 11) is 0. The van der Waals surface area contributed by atoms with Gasteiger partial charge in [-0.2, -0.15) is 0 Å². The van der Waals surface area contributed by atoms with Crippen LogP contribution in [0.4, 0.5) is 0 Å². The van der Waals surface area contributed by atoms with Crippen molar-refractivity contribution < 1.29 is 53.8 Å². The van der Waals surface area contributed by atoms with E-state index >= 15 is 0 Å². The van der Waals surface area contributed by atoms with Gasteiger partial charge in [0.2, 0.25) is 0 Å². The van der Waals surface area contributed by atoms with Crippen molar-refractivity contribution in [3.05, 3.63) is 36.5 Å². The van der Waals surface area contributed by atoms with Crippen LogP contribution in [0.1, 0.15) is 239 Å². The summed E-state index contributed by atoms with van der Waals surface area (Å²) in [5.74, 6) is -2.44. The number of allylic oxidation sites excluding steroid dienone is 6. The molecule has 0 amide bonds. The fraction of sp³-hybridized carbons (Fsp3) is 0.833. The molecule has 1 heterocycles. The third kappa shape index (κ3) is 35.3. The summed E-state index contributed by atoms with van der Waals surface area (Å²) in [6, 6.07) is 0. The average Bonchev–Trinajstić information content (AvgIpc) is 3.29. The molecule has 65 heavy (non-hydrogen) atoms. The first kappa shape index (κ1) is 60.4. The lowest BCUT2D eigenvalue weighted by Gasteiger charge is -2.38. The lowest BCUT2D eigenvalue weighted by Crippen LogP contribution is -2.60. The molecule has 1 aliphatic rings. The van der Waals surface area contributed by atoms with Gasteiger partial charge in [-0.1, -0.05) is 192 Å². The van der Waals surface area contributed by atoms with Crippen molar-refractivity contribution in [1.82, 2.24) is 0 Å². The van der Waals surface area contributed by atoms with Crippen LogP contribution in [-0.4, -0.2) is 88.4 Å². The zero-order chi connectivity index (χ0) is 47.4. The molecule has 0 aromatic rings. The smallest absolute Gasteiger partial charge is 0.335 e. The average molecular weight is 921 g/mol. The van der Waals surface area contributed by atoms with Crippen molar-refractivity contribution in [2.75, 3.05) is 13.2 Å². The van der Waals surface area contributed by atoms with Gasteiger partial charge in [-0.15, -0.1) is 0 Å². The molecule has 0 spiro atoms. The Morgan fingerprint density at radius 2 is 0.862 bits per heavy atom. The first-order valence-electron chi connectivity index (χ1n) is 26.5. The highest BCUT2D eigenvalue weighted by molar-refractivity contribution is 5.73. The molecule has 11 nitrogen and oxygen atoms in total. The number of ether oxygens (including phenoxy) is 4. The van der Waals surface area contributed by atoms with E-state index < -0.39 is 61.3 Å². The Labute approximate surface area is 395 Å². The quantitative estimate of drug-likeness (QED) is 0.0260. The number of esters is 2. The normalized spacial score (nSPS) is 19.4. The number of aliphatic carboxylic acids is 1. The Bertz CT molecular complexity index is 1220. The summed E-state index contributed by atoms with van der Waals surface area (Å²) in [5.41, 5.74) is 0. The van der Waals surface area contributed by atoms with Crippen molar-refractivity contribution in [3.8, 4) is 0 Å². The largest absolute Gasteiger partial charge is 0.479 e. The van der Waals surface area contributed by atoms with E-state index in [1.54, 1.807) is 0 Å². The highest BCUT2D eigenvalue weighted by Crippen LogP contribution is 2.23. The van der Waals surface area contributed by atoms with Gasteiger partial charge in [0.25, 0.3) is 0 Å². The minimum Gasteiger partial charge on any atom is -0.479 e. The highest BCUT2D eigenvalue weighted by atomic mass is 16.7. The van der Waals surface area contributed by atoms with Gasteiger partial charge in [-0.3, -0.25) is 9.59 Å². The molecule has 11 heteroatoms. The summed E-state index contributed by atoms with van der Waals surface area (Å²) in [5, 5.41) is 40.0. The number of carbonyl (C=O) groups excluding carboxylic acids is 2. The minimum atomic E-state index is -1.86. The molecule has 0 bridgehead atoms. The second kappa shape index (κ2) is 44.0. The van der Waals surface area contributed by atoms with Gasteiger partial charge < -0.3 is 39.4 Å². The van der Waals surface area contributed by atoms with Crippen LogP contribution < -0.4 is 0 Å². The van der Waals surface area contributed by atoms with Crippen LogP contribution in [0.15, 0.2) is 36.5 Å². The van der Waals surface area contributed by atoms with Gasteiger partial charge in [-0.25, -0.2) is 4.79 Å². The number of aliphatic hydroxyl groups is 3. The number of aliphatic hydroxyl groups excluding tert-OH is 3. The molecule has 0 aromatic carbocycles. The van der Waals surface area contributed by atoms with Gasteiger partial charge >= 0.3 is 17.9 Å². The maximum Gasteiger partial charge on any atom is 0.335 e. The number of carbonyl (C=O) groups is 3. The Morgan fingerprint density at radius 1 is 0.477 bits per heavy atom. The predicted molar refractivity (Wildman–Crippen MR) is 261 cm³/mol. The maximum atomic E-state index is 12.8. The number of carboxylic acid groups (broad SMARTS) is 1. The number of rotatable bonds is 45. The van der Waals surface area contributed by atoms with E-state index in [2.05, 4.69) is 50.3 Å². The summed E-state index contributed by atoms with van der Waals surface area (Å²) >= 11 is 0. The van der Waals surface area contributed by atoms with Gasteiger partial charge in [0.15, 0.2) is 18.5 Å². The van der Waals surface area contributed by atoms with Crippen molar-refractivity contribution >= 4 is 17.9 Å². The van der Waals surface area contributed by atoms with Gasteiger partial charge in [0, 0.05) is 12.8 Å². The molecule has 6 atom stereocenters. The lowest BCUT2D eigenvalue weighted by molar-refractivity contribution is -0.298. The van der Waals surface area contributed by atoms with Crippen molar-refractivity contribution in [1.29, 1.82) is 0 Å². The monoisotopic (exact) mass is 921 g/mol. The molecular weight excluding hydrogens is 825 g/mol. The number of hydrogen-bond acceptors (Lipinski definition) is 10. The van der Waals surface area contributed by atoms with Gasteiger partial charge in [-0.05, 0) is 70.6 Å². The molecule has 1 fully saturated rings. The highest BCUT2D eigenvalue weighted by Gasteiger charge is 2.47. The van der Waals surface area contributed by atoms with Crippen molar-refractivity contribution in [2.45, 2.75) is 275 Å². The zero-order valence-electron chi connectivity index (χ0n) is 41.2. The molecule has 0 radical (unpaired) electrons. The fourth-order valence-electron chi connectivity index (χ4n) is 8.02. The van der Waals surface area contributed by atoms with Crippen LogP contribution in [-0.2, 0) is 33.3 Å². The fourth-order valence-corrected chi connectivity index (χ4v) is 8.02. The molecule has 6 unspecified atom stereocenters. The van der Waals surface area contributed by atoms with Crippen LogP contribution >= 0.6 is 0 Å². The SMILES string of the molecule is CCCCCCC/C=C\C/C=C\CCCCCCCCCCCC(=O)OCC(COC1OC(C(=O)O)C(O)C(O)C1O)OC(=O)CCCCCCCCC/C=C\CCCCCCCCC. The minimum absolute atomic E-state index is 0.178. The van der Waals surface area contributed by atoms with Crippen LogP contribution in [0.2, 0.25) is 0 Å². The lowest BCUT2D eigenvalue weighted by atomic mass is 9.99. The van der Waals surface area contributed by atoms with Crippen LogP contribution in [0, 0.1) is 0 Å². The second-order valence-electron chi connectivity index (χ2n) is 18.4. The standard InChI is InChI=1S/C54H96O11/c1-3-5-7-9-11-13-15-17-19-21-23-24-25-27-28-30-32-34-36-38-40-42-47(55)62-44-46(45-63-54-51(59)49(57)50(58)52(65-54)53(60)61)64-48(56)43-41-39-37-35-33-31-29-26-22-20-18-16-14-12-10-8-6-4-2/h15,17,20-23,46,49-52,54,57-59H,3-14,16,18-19,24-45H2,1-2H3,(H,60,61)/b17-15-,22-20-,23-21-. The Hall–Kier alpha value is -2.57. The van der Waals surface area contributed by atoms with Gasteiger partial charge in [0.05, 0.1) is 6.61 Å². The number of unbranched alkanes of at least 4 members (excludes halogenated alkanes) is 28. The molecule has 1 aliphatic heterocycles. The van der Waals surface area contributed by atoms with E-state index in [0.29, 0.717) is 12.8 Å². The van der Waals surface area contributed by atoms with Crippen LogP contribution in [0.25, 0.3) is 0 Å². The van der Waals surface area contributed by atoms with Crippen LogP contribution in [0.3, 0.4) is 0 Å². The Balaban J connectivity index is 2.29. The Morgan fingerprint density at radius 3 is 1.29 bits per heavy atom. The zero-order valence-corrected chi connectivity index (χ0v) is 41.2. The molecule has 378 valence electrons. The van der Waals surface area contributed by atoms with E-state index in [0.717, 1.165) is 57.8 Å². The molecule has 0 aliphatic carbocycles. The first-order valence-corrected chi connectivity index (χ1v) is 26.5. The molecular formula is C54H96O11.